The molecule has 0 aromatic carbocycles. The minimum atomic E-state index is -0.500. The Morgan fingerprint density at radius 2 is 2.26 bits per heavy atom. The fraction of sp³-hybridized carbons (Fsp3) is 0.615. The van der Waals surface area contributed by atoms with Gasteiger partial charge in [0, 0.05) is 23.1 Å². The van der Waals surface area contributed by atoms with Gasteiger partial charge in [-0.25, -0.2) is 14.8 Å². The molecule has 0 saturated heterocycles. The van der Waals surface area contributed by atoms with E-state index in [2.05, 4.69) is 26.3 Å². The van der Waals surface area contributed by atoms with Gasteiger partial charge in [0.25, 0.3) is 0 Å². The van der Waals surface area contributed by atoms with Crippen LogP contribution in [0, 0.1) is 6.92 Å². The van der Waals surface area contributed by atoms with Crippen LogP contribution in [0.25, 0.3) is 0 Å². The lowest BCUT2D eigenvalue weighted by Crippen LogP contribution is -2.19. The number of aromatic nitrogens is 2. The van der Waals surface area contributed by atoms with Gasteiger partial charge in [0.2, 0.25) is 5.82 Å². The van der Waals surface area contributed by atoms with Gasteiger partial charge in [0.05, 0.1) is 7.11 Å². The molecule has 104 valence electrons. The maximum absolute atomic E-state index is 11.5. The number of ether oxygens (including phenoxy) is 1. The molecule has 1 aromatic rings. The average molecular weight is 281 g/mol. The molecule has 2 rings (SSSR count). The number of esters is 1. The maximum Gasteiger partial charge on any atom is 0.376 e. The van der Waals surface area contributed by atoms with Crippen LogP contribution >= 0.6 is 11.8 Å². The molecular formula is C13H19N3O2S. The Balaban J connectivity index is 2.08. The number of nitrogens with zero attached hydrogens (tertiary/aromatic N) is 2. The number of hydrogen-bond acceptors (Lipinski definition) is 6. The quantitative estimate of drug-likeness (QED) is 0.854. The van der Waals surface area contributed by atoms with E-state index in [-0.39, 0.29) is 5.82 Å². The summed E-state index contributed by atoms with van der Waals surface area (Å²) >= 11 is 1.91. The van der Waals surface area contributed by atoms with Gasteiger partial charge >= 0.3 is 5.97 Å². The van der Waals surface area contributed by atoms with Gasteiger partial charge in [0.1, 0.15) is 5.82 Å². The largest absolute Gasteiger partial charge is 0.463 e. The van der Waals surface area contributed by atoms with Crippen LogP contribution in [0.1, 0.15) is 35.6 Å². The molecule has 1 aliphatic rings. The van der Waals surface area contributed by atoms with Crippen molar-refractivity contribution >= 4 is 23.5 Å². The van der Waals surface area contributed by atoms with Gasteiger partial charge in [0.15, 0.2) is 0 Å². The number of rotatable bonds is 4. The molecule has 1 aromatic heterocycles. The monoisotopic (exact) mass is 281 g/mol. The van der Waals surface area contributed by atoms with Crippen molar-refractivity contribution in [1.29, 1.82) is 0 Å². The number of nitrogens with one attached hydrogen (secondary N) is 1. The Morgan fingerprint density at radius 3 is 2.89 bits per heavy atom. The molecule has 0 spiro atoms. The van der Waals surface area contributed by atoms with Crippen LogP contribution in [0.3, 0.4) is 0 Å². The zero-order valence-corrected chi connectivity index (χ0v) is 12.3. The van der Waals surface area contributed by atoms with Crippen LogP contribution < -0.4 is 5.32 Å². The van der Waals surface area contributed by atoms with Crippen molar-refractivity contribution in [3.8, 4) is 0 Å². The predicted molar refractivity (Wildman–Crippen MR) is 76.7 cm³/mol. The average Bonchev–Trinajstić information content (AvgIpc) is 2.84. The van der Waals surface area contributed by atoms with E-state index in [1.54, 1.807) is 0 Å². The third-order valence-corrected chi connectivity index (χ3v) is 4.39. The van der Waals surface area contributed by atoms with Crippen molar-refractivity contribution < 1.29 is 9.53 Å². The molecule has 1 N–H and O–H groups in total. The highest BCUT2D eigenvalue weighted by atomic mass is 32.2. The minimum absolute atomic E-state index is 0.115. The fourth-order valence-electron chi connectivity index (χ4n) is 2.32. The van der Waals surface area contributed by atoms with E-state index in [0.717, 1.165) is 23.8 Å². The summed E-state index contributed by atoms with van der Waals surface area (Å²) in [6.45, 7) is 1.85. The standard InChI is InChI=1S/C13H19N3O2S/c1-8-6-11(16-12(14-8)13(17)18-2)15-9-4-5-10(7-9)19-3/h6,9-10H,4-5,7H2,1-3H3,(H,14,15,16). The highest BCUT2D eigenvalue weighted by Crippen LogP contribution is 2.29. The van der Waals surface area contributed by atoms with E-state index >= 15 is 0 Å². The highest BCUT2D eigenvalue weighted by molar-refractivity contribution is 7.99. The second-order valence-corrected chi connectivity index (χ2v) is 5.86. The maximum atomic E-state index is 11.5. The van der Waals surface area contributed by atoms with E-state index < -0.39 is 5.97 Å². The van der Waals surface area contributed by atoms with E-state index in [9.17, 15) is 4.79 Å². The Kier molecular flexibility index (Phi) is 4.63. The van der Waals surface area contributed by atoms with Gasteiger partial charge in [-0.05, 0) is 32.4 Å². The number of aryl methyl sites for hydroxylation is 1. The molecule has 1 aliphatic carbocycles. The van der Waals surface area contributed by atoms with E-state index in [1.165, 1.54) is 13.5 Å². The number of hydrogen-bond donors (Lipinski definition) is 1. The van der Waals surface area contributed by atoms with Crippen molar-refractivity contribution in [2.24, 2.45) is 0 Å². The SMILES string of the molecule is COC(=O)c1nc(C)cc(NC2CCC(SC)C2)n1. The van der Waals surface area contributed by atoms with Crippen molar-refractivity contribution in [2.45, 2.75) is 37.5 Å². The Hall–Kier alpha value is -1.30. The first-order valence-corrected chi connectivity index (χ1v) is 7.64. The summed E-state index contributed by atoms with van der Waals surface area (Å²) in [5, 5.41) is 4.12. The molecule has 19 heavy (non-hydrogen) atoms. The van der Waals surface area contributed by atoms with Crippen molar-refractivity contribution in [1.82, 2.24) is 9.97 Å². The lowest BCUT2D eigenvalue weighted by atomic mass is 10.2. The lowest BCUT2D eigenvalue weighted by Gasteiger charge is -2.14. The molecule has 5 nitrogen and oxygen atoms in total. The zero-order chi connectivity index (χ0) is 13.8. The first-order valence-electron chi connectivity index (χ1n) is 6.35. The minimum Gasteiger partial charge on any atom is -0.463 e. The van der Waals surface area contributed by atoms with Gasteiger partial charge in [-0.1, -0.05) is 0 Å². The predicted octanol–water partition coefficient (Wildman–Crippen LogP) is 2.27. The first kappa shape index (κ1) is 14.1. The smallest absolute Gasteiger partial charge is 0.376 e. The zero-order valence-electron chi connectivity index (χ0n) is 11.5. The lowest BCUT2D eigenvalue weighted by molar-refractivity contribution is 0.0586. The second-order valence-electron chi connectivity index (χ2n) is 4.72. The molecule has 0 amide bonds. The topological polar surface area (TPSA) is 64.1 Å². The van der Waals surface area contributed by atoms with Gasteiger partial charge < -0.3 is 10.1 Å². The normalized spacial score (nSPS) is 22.3. The van der Waals surface area contributed by atoms with Crippen LogP contribution in [-0.2, 0) is 4.74 Å². The number of carbonyl (C=O) groups is 1. The second kappa shape index (κ2) is 6.23. The summed E-state index contributed by atoms with van der Waals surface area (Å²) in [7, 11) is 1.33. The molecule has 6 heteroatoms. The molecule has 2 unspecified atom stereocenters. The summed E-state index contributed by atoms with van der Waals surface area (Å²) in [4.78, 5) is 19.8. The van der Waals surface area contributed by atoms with Gasteiger partial charge in [-0.2, -0.15) is 11.8 Å². The fourth-order valence-corrected chi connectivity index (χ4v) is 3.12. The summed E-state index contributed by atoms with van der Waals surface area (Å²) in [5.41, 5.74) is 0.761. The number of thioether (sulfide) groups is 1. The van der Waals surface area contributed by atoms with E-state index in [1.807, 2.05) is 24.8 Å². The van der Waals surface area contributed by atoms with Crippen LogP contribution in [0.2, 0.25) is 0 Å². The molecule has 2 atom stereocenters. The summed E-state index contributed by atoms with van der Waals surface area (Å²) in [5.74, 6) is 0.323. The molecule has 0 radical (unpaired) electrons. The van der Waals surface area contributed by atoms with Crippen LogP contribution in [0.4, 0.5) is 5.82 Å². The summed E-state index contributed by atoms with van der Waals surface area (Å²) in [6.07, 6.45) is 5.66. The van der Waals surface area contributed by atoms with Crippen LogP contribution in [-0.4, -0.2) is 40.6 Å². The number of anilines is 1. The van der Waals surface area contributed by atoms with Crippen molar-refractivity contribution in [3.05, 3.63) is 17.6 Å². The molecule has 1 saturated carbocycles. The van der Waals surface area contributed by atoms with Gasteiger partial charge in [-0.15, -0.1) is 0 Å². The van der Waals surface area contributed by atoms with Crippen molar-refractivity contribution in [2.75, 3.05) is 18.7 Å². The van der Waals surface area contributed by atoms with Crippen LogP contribution in [0.15, 0.2) is 6.07 Å². The third-order valence-electron chi connectivity index (χ3n) is 3.29. The summed E-state index contributed by atoms with van der Waals surface area (Å²) in [6, 6.07) is 2.29. The third kappa shape index (κ3) is 3.59. The highest BCUT2D eigenvalue weighted by Gasteiger charge is 2.24. The molecular weight excluding hydrogens is 262 g/mol. The molecule has 1 fully saturated rings. The van der Waals surface area contributed by atoms with Crippen molar-refractivity contribution in [3.63, 3.8) is 0 Å². The Bertz CT molecular complexity index is 467. The number of carbonyl (C=O) groups excluding carboxylic acids is 1. The van der Waals surface area contributed by atoms with E-state index in [0.29, 0.717) is 11.9 Å². The van der Waals surface area contributed by atoms with Gasteiger partial charge in [-0.3, -0.25) is 0 Å². The van der Waals surface area contributed by atoms with Crippen LogP contribution in [0.5, 0.6) is 0 Å². The first-order chi connectivity index (χ1) is 9.12. The van der Waals surface area contributed by atoms with E-state index in [4.69, 9.17) is 0 Å². The summed E-state index contributed by atoms with van der Waals surface area (Å²) < 4.78 is 4.66. The molecule has 0 aliphatic heterocycles. The Morgan fingerprint density at radius 1 is 1.47 bits per heavy atom. The number of methoxy groups -OCH3 is 1. The Labute approximate surface area is 117 Å². The molecule has 1 heterocycles. The molecule has 0 bridgehead atoms.